The number of halogens is 2. The van der Waals surface area contributed by atoms with Crippen LogP contribution in [0.2, 0.25) is 0 Å². The molecule has 2 saturated heterocycles. The molecule has 0 unspecified atom stereocenters. The number of nitrogens with one attached hydrogen (secondary N) is 2. The van der Waals surface area contributed by atoms with Gasteiger partial charge in [0.25, 0.3) is 17.7 Å². The van der Waals surface area contributed by atoms with Crippen molar-refractivity contribution < 1.29 is 27.9 Å². The van der Waals surface area contributed by atoms with E-state index in [9.17, 15) is 23.2 Å². The Morgan fingerprint density at radius 2 is 1.61 bits per heavy atom. The summed E-state index contributed by atoms with van der Waals surface area (Å²) in [5.74, 6) is -2.21. The van der Waals surface area contributed by atoms with Crippen molar-refractivity contribution >= 4 is 57.5 Å². The summed E-state index contributed by atoms with van der Waals surface area (Å²) in [5, 5.41) is 5.37. The SMILES string of the molecule is C=C(C)c1cnc(N2CC3(CCOCC3)C2)c(C(=O)Nc2ccc(C(=O)N3CCc4cc(C(=O)Nc5c(F)cccc5F)sc4-c4ccccc43)cc2)c1. The smallest absolute Gasteiger partial charge is 0.265 e. The summed E-state index contributed by atoms with van der Waals surface area (Å²) in [4.78, 5) is 50.6. The largest absolute Gasteiger partial charge is 0.381 e. The molecule has 3 aliphatic heterocycles. The molecular formula is C42H37F2N5O4S. The highest BCUT2D eigenvalue weighted by Crippen LogP contribution is 2.44. The molecule has 54 heavy (non-hydrogen) atoms. The second-order valence-electron chi connectivity index (χ2n) is 14.1. The Kier molecular flexibility index (Phi) is 9.32. The fourth-order valence-corrected chi connectivity index (χ4v) is 8.55. The number of hydrogen-bond acceptors (Lipinski definition) is 7. The fraction of sp³-hybridized carbons (Fsp3) is 0.238. The molecule has 0 saturated carbocycles. The van der Waals surface area contributed by atoms with E-state index in [0.717, 1.165) is 78.4 Å². The molecule has 0 atom stereocenters. The Morgan fingerprint density at radius 1 is 0.889 bits per heavy atom. The number of aromatic nitrogens is 1. The number of amides is 3. The topological polar surface area (TPSA) is 104 Å². The number of pyridine rings is 1. The van der Waals surface area contributed by atoms with Gasteiger partial charge in [-0.2, -0.15) is 0 Å². The van der Waals surface area contributed by atoms with E-state index in [-0.39, 0.29) is 17.2 Å². The summed E-state index contributed by atoms with van der Waals surface area (Å²) < 4.78 is 34.1. The summed E-state index contributed by atoms with van der Waals surface area (Å²) in [6, 6.07) is 21.2. The minimum atomic E-state index is -0.859. The molecule has 2 aromatic heterocycles. The maximum atomic E-state index is 14.2. The van der Waals surface area contributed by atoms with Crippen LogP contribution in [0.4, 0.5) is 31.7 Å². The molecule has 0 aliphatic carbocycles. The predicted octanol–water partition coefficient (Wildman–Crippen LogP) is 8.45. The number of nitrogens with zero attached hydrogens (tertiary/aromatic N) is 3. The average molecular weight is 746 g/mol. The molecule has 9 nitrogen and oxygen atoms in total. The third kappa shape index (κ3) is 6.67. The molecule has 2 fully saturated rings. The van der Waals surface area contributed by atoms with Crippen molar-refractivity contribution in [3.8, 4) is 10.4 Å². The summed E-state index contributed by atoms with van der Waals surface area (Å²) >= 11 is 1.21. The molecule has 3 amide bonds. The molecule has 0 bridgehead atoms. The van der Waals surface area contributed by atoms with Crippen LogP contribution in [0.5, 0.6) is 0 Å². The van der Waals surface area contributed by atoms with E-state index < -0.39 is 23.2 Å². The molecule has 12 heteroatoms. The number of ether oxygens (including phenoxy) is 1. The quantitative estimate of drug-likeness (QED) is 0.173. The normalized spacial score (nSPS) is 15.8. The first kappa shape index (κ1) is 35.3. The second-order valence-corrected chi connectivity index (χ2v) is 15.2. The Hall–Kier alpha value is -5.72. The lowest BCUT2D eigenvalue weighted by molar-refractivity contribution is -0.000511. The van der Waals surface area contributed by atoms with Crippen LogP contribution >= 0.6 is 11.3 Å². The van der Waals surface area contributed by atoms with Crippen LogP contribution in [0, 0.1) is 17.0 Å². The third-order valence-corrected chi connectivity index (χ3v) is 11.6. The van der Waals surface area contributed by atoms with Gasteiger partial charge >= 0.3 is 0 Å². The van der Waals surface area contributed by atoms with Crippen molar-refractivity contribution in [1.82, 2.24) is 4.98 Å². The van der Waals surface area contributed by atoms with Crippen LogP contribution in [0.3, 0.4) is 0 Å². The molecule has 3 aliphatic rings. The fourth-order valence-electron chi connectivity index (χ4n) is 7.41. The Labute approximate surface area is 315 Å². The van der Waals surface area contributed by atoms with Gasteiger partial charge in [-0.25, -0.2) is 13.8 Å². The maximum absolute atomic E-state index is 14.2. The van der Waals surface area contributed by atoms with E-state index in [1.807, 2.05) is 37.3 Å². The van der Waals surface area contributed by atoms with Crippen LogP contribution in [0.15, 0.2) is 91.6 Å². The zero-order valence-electron chi connectivity index (χ0n) is 29.6. The molecule has 3 aromatic carbocycles. The van der Waals surface area contributed by atoms with E-state index in [0.29, 0.717) is 46.2 Å². The van der Waals surface area contributed by atoms with Crippen LogP contribution in [-0.2, 0) is 11.2 Å². The van der Waals surface area contributed by atoms with Crippen LogP contribution < -0.4 is 20.4 Å². The van der Waals surface area contributed by atoms with Gasteiger partial charge in [0, 0.05) is 66.2 Å². The zero-order chi connectivity index (χ0) is 37.6. The van der Waals surface area contributed by atoms with Crippen molar-refractivity contribution in [2.45, 2.75) is 26.2 Å². The summed E-state index contributed by atoms with van der Waals surface area (Å²) in [6.07, 6.45) is 4.21. The van der Waals surface area contributed by atoms with Crippen LogP contribution in [0.25, 0.3) is 16.0 Å². The summed E-state index contributed by atoms with van der Waals surface area (Å²) in [5.41, 5.74) is 5.04. The lowest BCUT2D eigenvalue weighted by atomic mass is 9.73. The van der Waals surface area contributed by atoms with Gasteiger partial charge in [-0.15, -0.1) is 11.3 Å². The maximum Gasteiger partial charge on any atom is 0.265 e. The number of carbonyl (C=O) groups excluding carboxylic acids is 3. The second kappa shape index (κ2) is 14.3. The number of rotatable bonds is 7. The molecule has 1 spiro atoms. The van der Waals surface area contributed by atoms with E-state index in [2.05, 4.69) is 22.1 Å². The van der Waals surface area contributed by atoms with Crippen LogP contribution in [0.1, 0.15) is 61.3 Å². The molecule has 5 aromatic rings. The molecule has 8 rings (SSSR count). The Bertz CT molecular complexity index is 2290. The van der Waals surface area contributed by atoms with Gasteiger partial charge in [0.15, 0.2) is 0 Å². The number of anilines is 4. The van der Waals surface area contributed by atoms with E-state index in [4.69, 9.17) is 9.72 Å². The van der Waals surface area contributed by atoms with Gasteiger partial charge in [-0.1, -0.05) is 30.8 Å². The highest BCUT2D eigenvalue weighted by atomic mass is 32.1. The average Bonchev–Trinajstić information content (AvgIpc) is 3.53. The molecule has 274 valence electrons. The summed E-state index contributed by atoms with van der Waals surface area (Å²) in [7, 11) is 0. The number of fused-ring (bicyclic) bond motifs is 3. The van der Waals surface area contributed by atoms with E-state index in [1.165, 1.54) is 17.4 Å². The lowest BCUT2D eigenvalue weighted by Crippen LogP contribution is -2.59. The minimum Gasteiger partial charge on any atom is -0.381 e. The number of para-hydroxylation sites is 2. The highest BCUT2D eigenvalue weighted by Gasteiger charge is 2.45. The van der Waals surface area contributed by atoms with Crippen molar-refractivity contribution in [2.75, 3.05) is 53.3 Å². The third-order valence-electron chi connectivity index (χ3n) is 10.4. The Morgan fingerprint density at radius 3 is 2.33 bits per heavy atom. The van der Waals surface area contributed by atoms with Gasteiger partial charge in [0.2, 0.25) is 0 Å². The highest BCUT2D eigenvalue weighted by molar-refractivity contribution is 7.17. The van der Waals surface area contributed by atoms with Crippen molar-refractivity contribution in [2.24, 2.45) is 5.41 Å². The predicted molar refractivity (Wildman–Crippen MR) is 207 cm³/mol. The first-order chi connectivity index (χ1) is 26.1. The van der Waals surface area contributed by atoms with Crippen molar-refractivity contribution in [3.05, 3.63) is 130 Å². The number of benzene rings is 3. The van der Waals surface area contributed by atoms with E-state index >= 15 is 0 Å². The first-order valence-electron chi connectivity index (χ1n) is 17.8. The molecule has 5 heterocycles. The molecular weight excluding hydrogens is 709 g/mol. The van der Waals surface area contributed by atoms with Crippen LogP contribution in [-0.4, -0.2) is 55.6 Å². The zero-order valence-corrected chi connectivity index (χ0v) is 30.4. The van der Waals surface area contributed by atoms with Crippen molar-refractivity contribution in [3.63, 3.8) is 0 Å². The van der Waals surface area contributed by atoms with Gasteiger partial charge < -0.3 is 25.2 Å². The van der Waals surface area contributed by atoms with Gasteiger partial charge in [0.05, 0.1) is 16.1 Å². The lowest BCUT2D eigenvalue weighted by Gasteiger charge is -2.53. The number of carbonyl (C=O) groups is 3. The number of thiophene rings is 1. The van der Waals surface area contributed by atoms with Gasteiger partial charge in [0.1, 0.15) is 23.1 Å². The number of hydrogen-bond donors (Lipinski definition) is 2. The molecule has 2 N–H and O–H groups in total. The minimum absolute atomic E-state index is 0.203. The standard InChI is InChI=1S/C42H37F2N5O4S/c1-25(2)28-20-31(38(45-22-28)48-23-42(24-48)15-18-53-19-16-42)39(50)46-29-12-10-26(11-13-29)41(52)49-17-14-27-21-35(54-37(27)30-6-3-4-9-34(30)49)40(51)47-36-32(43)7-5-8-33(36)44/h3-13,20-22H,1,14-19,23-24H2,2H3,(H,46,50)(H,47,51). The summed E-state index contributed by atoms with van der Waals surface area (Å²) in [6.45, 7) is 9.42. The Balaban J connectivity index is 0.988. The van der Waals surface area contributed by atoms with Gasteiger partial charge in [-0.05, 0) is 97.5 Å². The number of allylic oxidation sites excluding steroid dienone is 1. The first-order valence-corrected chi connectivity index (χ1v) is 18.6. The van der Waals surface area contributed by atoms with E-state index in [1.54, 1.807) is 41.4 Å². The molecule has 0 radical (unpaired) electrons. The van der Waals surface area contributed by atoms with Crippen molar-refractivity contribution in [1.29, 1.82) is 0 Å². The monoisotopic (exact) mass is 745 g/mol. The van der Waals surface area contributed by atoms with Gasteiger partial charge in [-0.3, -0.25) is 14.4 Å².